The van der Waals surface area contributed by atoms with Crippen molar-refractivity contribution in [2.24, 2.45) is 0 Å². The zero-order valence-electron chi connectivity index (χ0n) is 10.9. The van der Waals surface area contributed by atoms with Crippen LogP contribution in [0.1, 0.15) is 11.3 Å². The first kappa shape index (κ1) is 12.4. The molecule has 0 saturated heterocycles. The van der Waals surface area contributed by atoms with Crippen molar-refractivity contribution in [1.82, 2.24) is 9.97 Å². The number of aliphatic carboxylic acids is 1. The number of benzene rings is 1. The summed E-state index contributed by atoms with van der Waals surface area (Å²) in [5, 5.41) is 15.6. The smallest absolute Gasteiger partial charge is 0.336 e. The molecule has 20 heavy (non-hydrogen) atoms. The molecule has 2 heterocycles. The lowest BCUT2D eigenvalue weighted by atomic mass is 9.91. The van der Waals surface area contributed by atoms with Gasteiger partial charge in [-0.1, -0.05) is 18.2 Å². The molecule has 0 radical (unpaired) electrons. The molecule has 0 fully saturated rings. The largest absolute Gasteiger partial charge is 0.479 e. The average Bonchev–Trinajstić information content (AvgIpc) is 2.88. The van der Waals surface area contributed by atoms with Crippen molar-refractivity contribution in [3.05, 3.63) is 47.8 Å². The van der Waals surface area contributed by atoms with E-state index in [0.29, 0.717) is 18.1 Å². The van der Waals surface area contributed by atoms with E-state index in [9.17, 15) is 9.90 Å². The van der Waals surface area contributed by atoms with Crippen molar-refractivity contribution in [2.45, 2.75) is 12.0 Å². The molecule has 1 atom stereocenters. The van der Waals surface area contributed by atoms with Gasteiger partial charge in [-0.2, -0.15) is 0 Å². The normalized spacial score (nSPS) is 20.1. The highest BCUT2D eigenvalue weighted by Gasteiger charge is 2.46. The van der Waals surface area contributed by atoms with E-state index in [4.69, 9.17) is 0 Å². The SMILES string of the molecule is CNc1nccc(C2(C(=O)O)Cc3ccccc3N2)n1. The molecule has 0 aliphatic carbocycles. The number of nitrogens with zero attached hydrogens (tertiary/aromatic N) is 2. The highest BCUT2D eigenvalue weighted by atomic mass is 16.4. The van der Waals surface area contributed by atoms with E-state index in [2.05, 4.69) is 20.6 Å². The summed E-state index contributed by atoms with van der Waals surface area (Å²) in [6, 6.07) is 9.21. The maximum absolute atomic E-state index is 11.8. The molecule has 102 valence electrons. The van der Waals surface area contributed by atoms with Crippen molar-refractivity contribution in [2.75, 3.05) is 17.7 Å². The van der Waals surface area contributed by atoms with Gasteiger partial charge in [0, 0.05) is 25.4 Å². The molecule has 0 amide bonds. The molecule has 1 aromatic heterocycles. The second kappa shape index (κ2) is 4.48. The van der Waals surface area contributed by atoms with Crippen LogP contribution in [-0.4, -0.2) is 28.1 Å². The molecule has 1 unspecified atom stereocenters. The number of nitrogens with one attached hydrogen (secondary N) is 2. The van der Waals surface area contributed by atoms with Crippen molar-refractivity contribution < 1.29 is 9.90 Å². The third-order valence-electron chi connectivity index (χ3n) is 3.50. The summed E-state index contributed by atoms with van der Waals surface area (Å²) >= 11 is 0. The van der Waals surface area contributed by atoms with Gasteiger partial charge in [0.25, 0.3) is 0 Å². The summed E-state index contributed by atoms with van der Waals surface area (Å²) in [6.07, 6.45) is 1.92. The zero-order valence-corrected chi connectivity index (χ0v) is 10.9. The fourth-order valence-electron chi connectivity index (χ4n) is 2.47. The number of hydrogen-bond acceptors (Lipinski definition) is 5. The molecule has 3 N–H and O–H groups in total. The molecular formula is C14H14N4O2. The van der Waals surface area contributed by atoms with Crippen molar-refractivity contribution >= 4 is 17.6 Å². The van der Waals surface area contributed by atoms with Crippen molar-refractivity contribution in [3.8, 4) is 0 Å². The number of aromatic nitrogens is 2. The summed E-state index contributed by atoms with van der Waals surface area (Å²) < 4.78 is 0. The average molecular weight is 270 g/mol. The van der Waals surface area contributed by atoms with Crippen molar-refractivity contribution in [3.63, 3.8) is 0 Å². The molecule has 0 saturated carbocycles. The van der Waals surface area contributed by atoms with Crippen molar-refractivity contribution in [1.29, 1.82) is 0 Å². The summed E-state index contributed by atoms with van der Waals surface area (Å²) in [5.74, 6) is -0.546. The van der Waals surface area contributed by atoms with Gasteiger partial charge in [-0.15, -0.1) is 0 Å². The Labute approximate surface area is 115 Å². The van der Waals surface area contributed by atoms with E-state index in [-0.39, 0.29) is 0 Å². The molecule has 2 aromatic rings. The molecule has 1 aromatic carbocycles. The standard InChI is InChI=1S/C14H14N4O2/c1-15-13-16-7-6-11(17-13)14(12(19)20)8-9-4-2-3-5-10(9)18-14/h2-7,18H,8H2,1H3,(H,19,20)(H,15,16,17). The third kappa shape index (κ3) is 1.77. The lowest BCUT2D eigenvalue weighted by Gasteiger charge is -2.24. The minimum atomic E-state index is -1.24. The number of anilines is 2. The van der Waals surface area contributed by atoms with Crippen LogP contribution in [0.3, 0.4) is 0 Å². The molecule has 6 nitrogen and oxygen atoms in total. The van der Waals surface area contributed by atoms with Crippen LogP contribution < -0.4 is 10.6 Å². The third-order valence-corrected chi connectivity index (χ3v) is 3.50. The molecule has 1 aliphatic rings. The van der Waals surface area contributed by atoms with Gasteiger partial charge >= 0.3 is 5.97 Å². The van der Waals surface area contributed by atoms with Crippen LogP contribution in [0.15, 0.2) is 36.5 Å². The Hall–Kier alpha value is -2.63. The second-order valence-corrected chi connectivity index (χ2v) is 4.68. The number of carbonyl (C=O) groups is 1. The summed E-state index contributed by atoms with van der Waals surface area (Å²) in [7, 11) is 1.70. The predicted octanol–water partition coefficient (Wildman–Crippen LogP) is 1.47. The van der Waals surface area contributed by atoms with Gasteiger partial charge in [0.05, 0.1) is 5.69 Å². The lowest BCUT2D eigenvalue weighted by molar-refractivity contribution is -0.142. The van der Waals surface area contributed by atoms with Crippen LogP contribution in [0.2, 0.25) is 0 Å². The van der Waals surface area contributed by atoms with Crippen LogP contribution in [0.25, 0.3) is 0 Å². The highest BCUT2D eigenvalue weighted by molar-refractivity contribution is 5.87. The molecule has 6 heteroatoms. The summed E-state index contributed by atoms with van der Waals surface area (Å²) in [5.41, 5.74) is 1.01. The quantitative estimate of drug-likeness (QED) is 0.783. The Balaban J connectivity index is 2.09. The van der Waals surface area contributed by atoms with Crippen LogP contribution >= 0.6 is 0 Å². The van der Waals surface area contributed by atoms with Gasteiger partial charge in [0.1, 0.15) is 0 Å². The Bertz CT molecular complexity index is 647. The van der Waals surface area contributed by atoms with E-state index < -0.39 is 11.5 Å². The van der Waals surface area contributed by atoms with Gasteiger partial charge < -0.3 is 15.7 Å². The molecule has 1 aliphatic heterocycles. The van der Waals surface area contributed by atoms with Gasteiger partial charge in [-0.25, -0.2) is 14.8 Å². The van der Waals surface area contributed by atoms with E-state index in [1.165, 1.54) is 0 Å². The fourth-order valence-corrected chi connectivity index (χ4v) is 2.47. The molecule has 0 bridgehead atoms. The zero-order chi connectivity index (χ0) is 14.2. The molecule has 3 rings (SSSR count). The van der Waals surface area contributed by atoms with Gasteiger partial charge in [-0.05, 0) is 17.7 Å². The number of carboxylic acid groups (broad SMARTS) is 1. The Morgan fingerprint density at radius 3 is 2.90 bits per heavy atom. The number of hydrogen-bond donors (Lipinski definition) is 3. The van der Waals surface area contributed by atoms with E-state index in [1.54, 1.807) is 19.3 Å². The van der Waals surface area contributed by atoms with Gasteiger partial charge in [0.2, 0.25) is 5.95 Å². The Morgan fingerprint density at radius 1 is 1.40 bits per heavy atom. The number of para-hydroxylation sites is 1. The van der Waals surface area contributed by atoms with E-state index >= 15 is 0 Å². The van der Waals surface area contributed by atoms with Gasteiger partial charge in [-0.3, -0.25) is 0 Å². The first-order chi connectivity index (χ1) is 9.65. The molecular weight excluding hydrogens is 256 g/mol. The first-order valence-electron chi connectivity index (χ1n) is 6.26. The Kier molecular flexibility index (Phi) is 2.78. The first-order valence-corrected chi connectivity index (χ1v) is 6.26. The van der Waals surface area contributed by atoms with Crippen LogP contribution in [0.5, 0.6) is 0 Å². The number of carboxylic acids is 1. The minimum Gasteiger partial charge on any atom is -0.479 e. The Morgan fingerprint density at radius 2 is 2.20 bits per heavy atom. The maximum atomic E-state index is 11.8. The highest BCUT2D eigenvalue weighted by Crippen LogP contribution is 2.38. The van der Waals surface area contributed by atoms with Crippen LogP contribution in [0.4, 0.5) is 11.6 Å². The molecule has 0 spiro atoms. The number of rotatable bonds is 3. The van der Waals surface area contributed by atoms with Gasteiger partial charge in [0.15, 0.2) is 5.54 Å². The van der Waals surface area contributed by atoms with Crippen LogP contribution in [-0.2, 0) is 16.8 Å². The lowest BCUT2D eigenvalue weighted by Crippen LogP contribution is -2.42. The maximum Gasteiger partial charge on any atom is 0.336 e. The monoisotopic (exact) mass is 270 g/mol. The fraction of sp³-hybridized carbons (Fsp3) is 0.214. The topological polar surface area (TPSA) is 87.1 Å². The second-order valence-electron chi connectivity index (χ2n) is 4.68. The minimum absolute atomic E-state index is 0.360. The van der Waals surface area contributed by atoms with E-state index in [0.717, 1.165) is 11.3 Å². The summed E-state index contributed by atoms with van der Waals surface area (Å²) in [6.45, 7) is 0. The number of fused-ring (bicyclic) bond motifs is 1. The van der Waals surface area contributed by atoms with E-state index in [1.807, 2.05) is 24.3 Å². The predicted molar refractivity (Wildman–Crippen MR) is 74.7 cm³/mol. The summed E-state index contributed by atoms with van der Waals surface area (Å²) in [4.78, 5) is 20.2. The van der Waals surface area contributed by atoms with Crippen LogP contribution in [0, 0.1) is 0 Å².